The summed E-state index contributed by atoms with van der Waals surface area (Å²) in [6.07, 6.45) is 9.77. The fraction of sp³-hybridized carbons (Fsp3) is 0.133. The van der Waals surface area contributed by atoms with Crippen LogP contribution in [0, 0.1) is 5.92 Å². The largest absolute Gasteiger partial charge is 0.264 e. The lowest BCUT2D eigenvalue weighted by molar-refractivity contribution is 0.917. The second-order valence-electron chi connectivity index (χ2n) is 4.10. The Hall–Kier alpha value is -1.60. The zero-order valence-corrected chi connectivity index (χ0v) is 10.5. The smallest absolute Gasteiger partial charge is 0.0428 e. The van der Waals surface area contributed by atoms with Crippen LogP contribution in [0.3, 0.4) is 0 Å². The van der Waals surface area contributed by atoms with E-state index >= 15 is 0 Å². The normalized spacial score (nSPS) is 18.0. The molecule has 0 radical (unpaired) electrons. The van der Waals surface area contributed by atoms with Gasteiger partial charge in [0.25, 0.3) is 0 Å². The highest BCUT2D eigenvalue weighted by molar-refractivity contribution is 6.48. The molecule has 0 amide bonds. The van der Waals surface area contributed by atoms with Gasteiger partial charge in [0.15, 0.2) is 0 Å². The van der Waals surface area contributed by atoms with Crippen molar-refractivity contribution in [2.45, 2.75) is 6.92 Å². The van der Waals surface area contributed by atoms with Crippen LogP contribution in [-0.4, -0.2) is 4.98 Å². The van der Waals surface area contributed by atoms with Crippen molar-refractivity contribution in [3.8, 4) is 0 Å². The molecule has 0 saturated carbocycles. The van der Waals surface area contributed by atoms with Crippen molar-refractivity contribution >= 4 is 22.2 Å². The Kier molecular flexibility index (Phi) is 3.30. The first kappa shape index (κ1) is 11.9. The summed E-state index contributed by atoms with van der Waals surface area (Å²) < 4.78 is 0. The van der Waals surface area contributed by atoms with E-state index in [4.69, 9.17) is 11.6 Å². The first-order valence-corrected chi connectivity index (χ1v) is 5.86. The lowest BCUT2D eigenvalue weighted by atomic mass is 9.91. The monoisotopic (exact) mass is 243 g/mol. The predicted octanol–water partition coefficient (Wildman–Crippen LogP) is 4.44. The first-order chi connectivity index (χ1) is 8.11. The summed E-state index contributed by atoms with van der Waals surface area (Å²) in [6.45, 7) is 10.1. The van der Waals surface area contributed by atoms with Gasteiger partial charge in [-0.1, -0.05) is 49.9 Å². The highest BCUT2D eigenvalue weighted by atomic mass is 35.5. The van der Waals surface area contributed by atoms with Crippen LogP contribution in [0.2, 0.25) is 0 Å². The van der Waals surface area contributed by atoms with E-state index in [2.05, 4.69) is 43.3 Å². The minimum atomic E-state index is 0.395. The predicted molar refractivity (Wildman–Crippen MR) is 74.5 cm³/mol. The zero-order chi connectivity index (χ0) is 12.4. The Bertz CT molecular complexity index is 538. The van der Waals surface area contributed by atoms with Crippen LogP contribution in [0.25, 0.3) is 10.6 Å². The number of nitrogens with zero attached hydrogens (tertiary/aromatic N) is 1. The summed E-state index contributed by atoms with van der Waals surface area (Å²) in [5, 5.41) is 0.494. The number of hydrogen-bond donors (Lipinski definition) is 0. The SMILES string of the molecule is C=C(Cl)c1cnccc1C(=C)C1=CC=CC1C. The van der Waals surface area contributed by atoms with Crippen LogP contribution < -0.4 is 0 Å². The summed E-state index contributed by atoms with van der Waals surface area (Å²) in [7, 11) is 0. The van der Waals surface area contributed by atoms with Gasteiger partial charge in [-0.25, -0.2) is 0 Å². The lowest BCUT2D eigenvalue weighted by Crippen LogP contribution is -1.98. The van der Waals surface area contributed by atoms with Crippen LogP contribution in [0.5, 0.6) is 0 Å². The molecule has 2 heteroatoms. The minimum Gasteiger partial charge on any atom is -0.264 e. The van der Waals surface area contributed by atoms with E-state index in [1.807, 2.05) is 6.07 Å². The Morgan fingerprint density at radius 2 is 2.12 bits per heavy atom. The van der Waals surface area contributed by atoms with E-state index in [1.165, 1.54) is 5.57 Å². The second-order valence-corrected chi connectivity index (χ2v) is 4.56. The van der Waals surface area contributed by atoms with Gasteiger partial charge in [-0.05, 0) is 28.7 Å². The van der Waals surface area contributed by atoms with E-state index in [0.29, 0.717) is 11.0 Å². The van der Waals surface area contributed by atoms with Gasteiger partial charge in [0.05, 0.1) is 0 Å². The van der Waals surface area contributed by atoms with Gasteiger partial charge in [0.1, 0.15) is 0 Å². The van der Waals surface area contributed by atoms with Crippen molar-refractivity contribution in [1.82, 2.24) is 4.98 Å². The van der Waals surface area contributed by atoms with E-state index < -0.39 is 0 Å². The van der Waals surface area contributed by atoms with Gasteiger partial charge >= 0.3 is 0 Å². The third kappa shape index (κ3) is 2.25. The van der Waals surface area contributed by atoms with Crippen LogP contribution >= 0.6 is 11.6 Å². The molecule has 1 aromatic heterocycles. The Morgan fingerprint density at radius 3 is 2.71 bits per heavy atom. The molecule has 1 unspecified atom stereocenters. The van der Waals surface area contributed by atoms with Gasteiger partial charge in [-0.15, -0.1) is 0 Å². The molecule has 0 aliphatic heterocycles. The fourth-order valence-electron chi connectivity index (χ4n) is 1.99. The summed E-state index contributed by atoms with van der Waals surface area (Å²) in [4.78, 5) is 4.07. The van der Waals surface area contributed by atoms with E-state index in [0.717, 1.165) is 16.7 Å². The van der Waals surface area contributed by atoms with Crippen molar-refractivity contribution in [2.75, 3.05) is 0 Å². The summed E-state index contributed by atoms with van der Waals surface area (Å²) in [6, 6.07) is 1.93. The molecule has 1 heterocycles. The maximum absolute atomic E-state index is 5.98. The summed E-state index contributed by atoms with van der Waals surface area (Å²) in [5.74, 6) is 0.395. The molecule has 2 rings (SSSR count). The molecule has 86 valence electrons. The zero-order valence-electron chi connectivity index (χ0n) is 9.78. The molecule has 17 heavy (non-hydrogen) atoms. The number of hydrogen-bond acceptors (Lipinski definition) is 1. The van der Waals surface area contributed by atoms with Gasteiger partial charge in [-0.2, -0.15) is 0 Å². The number of pyridine rings is 1. The summed E-state index contributed by atoms with van der Waals surface area (Å²) >= 11 is 5.98. The van der Waals surface area contributed by atoms with Gasteiger partial charge in [0, 0.05) is 23.0 Å². The van der Waals surface area contributed by atoms with E-state index in [9.17, 15) is 0 Å². The number of halogens is 1. The van der Waals surface area contributed by atoms with Crippen molar-refractivity contribution in [1.29, 1.82) is 0 Å². The molecule has 1 atom stereocenters. The Labute approximate surface area is 107 Å². The second kappa shape index (κ2) is 4.72. The fourth-order valence-corrected chi connectivity index (χ4v) is 2.14. The molecule has 0 bridgehead atoms. The standard InChI is InChI=1S/C15H14ClN/c1-10-5-4-6-13(10)11(2)14-7-8-17-9-15(14)12(3)16/h4-10H,2-3H2,1H3. The number of aromatic nitrogens is 1. The number of rotatable bonds is 3. The summed E-state index contributed by atoms with van der Waals surface area (Å²) in [5.41, 5.74) is 4.05. The van der Waals surface area contributed by atoms with Crippen LogP contribution in [0.4, 0.5) is 0 Å². The quantitative estimate of drug-likeness (QED) is 0.765. The molecular weight excluding hydrogens is 230 g/mol. The van der Waals surface area contributed by atoms with Crippen LogP contribution in [-0.2, 0) is 0 Å². The average Bonchev–Trinajstić information content (AvgIpc) is 2.74. The molecule has 1 aromatic rings. The minimum absolute atomic E-state index is 0.395. The highest BCUT2D eigenvalue weighted by Crippen LogP contribution is 2.34. The Balaban J connectivity index is 2.42. The van der Waals surface area contributed by atoms with E-state index in [-0.39, 0.29) is 0 Å². The molecule has 0 saturated heterocycles. The highest BCUT2D eigenvalue weighted by Gasteiger charge is 2.16. The molecule has 0 spiro atoms. The van der Waals surface area contributed by atoms with Crippen molar-refractivity contribution in [3.63, 3.8) is 0 Å². The average molecular weight is 244 g/mol. The van der Waals surface area contributed by atoms with Crippen molar-refractivity contribution in [2.24, 2.45) is 5.92 Å². The topological polar surface area (TPSA) is 12.9 Å². The lowest BCUT2D eigenvalue weighted by Gasteiger charge is -2.15. The van der Waals surface area contributed by atoms with Crippen LogP contribution in [0.15, 0.2) is 55.4 Å². The number of allylic oxidation sites excluding steroid dienone is 5. The van der Waals surface area contributed by atoms with Gasteiger partial charge in [-0.3, -0.25) is 4.98 Å². The van der Waals surface area contributed by atoms with E-state index in [1.54, 1.807) is 12.4 Å². The maximum atomic E-state index is 5.98. The molecule has 1 aliphatic rings. The molecule has 0 aromatic carbocycles. The third-order valence-electron chi connectivity index (χ3n) is 2.95. The van der Waals surface area contributed by atoms with Crippen molar-refractivity contribution < 1.29 is 0 Å². The molecule has 0 fully saturated rings. The Morgan fingerprint density at radius 1 is 1.35 bits per heavy atom. The van der Waals surface area contributed by atoms with Crippen LogP contribution in [0.1, 0.15) is 18.1 Å². The molecule has 1 nitrogen and oxygen atoms in total. The maximum Gasteiger partial charge on any atom is 0.0428 e. The van der Waals surface area contributed by atoms with Crippen molar-refractivity contribution in [3.05, 3.63) is 66.5 Å². The van der Waals surface area contributed by atoms with Gasteiger partial charge < -0.3 is 0 Å². The molecule has 0 N–H and O–H groups in total. The van der Waals surface area contributed by atoms with Gasteiger partial charge in [0.2, 0.25) is 0 Å². The first-order valence-electron chi connectivity index (χ1n) is 5.48. The third-order valence-corrected chi connectivity index (χ3v) is 3.16. The molecular formula is C15H14ClN. The molecule has 1 aliphatic carbocycles.